The summed E-state index contributed by atoms with van der Waals surface area (Å²) in [5.74, 6) is -0.116. The topological polar surface area (TPSA) is 73.1 Å². The van der Waals surface area contributed by atoms with Crippen LogP contribution in [0.3, 0.4) is 0 Å². The molecule has 0 N–H and O–H groups in total. The van der Waals surface area contributed by atoms with Crippen molar-refractivity contribution < 1.29 is 22.7 Å². The van der Waals surface area contributed by atoms with E-state index in [0.29, 0.717) is 11.3 Å². The van der Waals surface area contributed by atoms with Crippen molar-refractivity contribution in [2.24, 2.45) is 5.92 Å². The molecule has 3 unspecified atom stereocenters. The summed E-state index contributed by atoms with van der Waals surface area (Å²) in [7, 11) is 0. The smallest absolute Gasteiger partial charge is 0.433 e. The van der Waals surface area contributed by atoms with Gasteiger partial charge in [-0.15, -0.1) is 0 Å². The first-order valence-corrected chi connectivity index (χ1v) is 10.8. The number of hydrogen-bond acceptors (Lipinski definition) is 5. The molecule has 2 aliphatic heterocycles. The maximum atomic E-state index is 13.6. The van der Waals surface area contributed by atoms with Crippen LogP contribution in [-0.2, 0) is 6.18 Å². The first-order chi connectivity index (χ1) is 15.8. The van der Waals surface area contributed by atoms with Crippen LogP contribution in [0.4, 0.5) is 13.2 Å². The van der Waals surface area contributed by atoms with Gasteiger partial charge in [0.25, 0.3) is 5.91 Å². The van der Waals surface area contributed by atoms with Gasteiger partial charge in [0.1, 0.15) is 5.69 Å². The van der Waals surface area contributed by atoms with Gasteiger partial charge >= 0.3 is 6.18 Å². The molecule has 3 aromatic rings. The Hall–Kier alpha value is -3.43. The highest BCUT2D eigenvalue weighted by molar-refractivity contribution is 5.98. The van der Waals surface area contributed by atoms with E-state index in [2.05, 4.69) is 15.2 Å². The Morgan fingerprint density at radius 1 is 1.15 bits per heavy atom. The number of nitrogens with zero attached hydrogens (tertiary/aromatic N) is 5. The number of fused-ring (bicyclic) bond motifs is 2. The number of carbonyl (C=O) groups excluding carboxylic acids is 1. The van der Waals surface area contributed by atoms with Gasteiger partial charge in [0.2, 0.25) is 5.88 Å². The van der Waals surface area contributed by atoms with E-state index in [-0.39, 0.29) is 36.4 Å². The molecule has 2 aromatic heterocycles. The number of hydrogen-bond donors (Lipinski definition) is 0. The van der Waals surface area contributed by atoms with Crippen LogP contribution >= 0.6 is 0 Å². The molecule has 1 aromatic carbocycles. The van der Waals surface area contributed by atoms with E-state index in [1.54, 1.807) is 12.4 Å². The van der Waals surface area contributed by atoms with Crippen molar-refractivity contribution in [3.63, 3.8) is 0 Å². The summed E-state index contributed by atoms with van der Waals surface area (Å²) < 4.78 is 44.4. The molecular weight excluding hydrogens is 435 g/mol. The van der Waals surface area contributed by atoms with Crippen LogP contribution in [0.5, 0.6) is 5.88 Å². The molecule has 172 valence electrons. The van der Waals surface area contributed by atoms with E-state index in [4.69, 9.17) is 4.74 Å². The van der Waals surface area contributed by atoms with Gasteiger partial charge in [0.15, 0.2) is 0 Å². The number of aryl methyl sites for hydroxylation is 1. The third-order valence-corrected chi connectivity index (χ3v) is 6.38. The summed E-state index contributed by atoms with van der Waals surface area (Å²) in [5, 5.41) is 8.34. The summed E-state index contributed by atoms with van der Waals surface area (Å²) in [6.45, 7) is 2.13. The van der Waals surface area contributed by atoms with Gasteiger partial charge in [-0.1, -0.05) is 17.7 Å². The average Bonchev–Trinajstić information content (AvgIpc) is 3.53. The van der Waals surface area contributed by atoms with Crippen LogP contribution < -0.4 is 4.74 Å². The zero-order valence-corrected chi connectivity index (χ0v) is 17.9. The van der Waals surface area contributed by atoms with Gasteiger partial charge < -0.3 is 9.64 Å². The third-order valence-electron chi connectivity index (χ3n) is 6.38. The Morgan fingerprint density at radius 2 is 1.94 bits per heavy atom. The van der Waals surface area contributed by atoms with Crippen LogP contribution in [0.15, 0.2) is 48.8 Å². The van der Waals surface area contributed by atoms with E-state index in [1.807, 2.05) is 30.0 Å². The number of alkyl halides is 3. The molecule has 33 heavy (non-hydrogen) atoms. The predicted octanol–water partition coefficient (Wildman–Crippen LogP) is 4.06. The molecule has 0 radical (unpaired) electrons. The Labute approximate surface area is 188 Å². The lowest BCUT2D eigenvalue weighted by atomic mass is 9.90. The van der Waals surface area contributed by atoms with Crippen molar-refractivity contribution in [3.8, 4) is 11.6 Å². The van der Waals surface area contributed by atoms with Crippen molar-refractivity contribution in [1.29, 1.82) is 0 Å². The van der Waals surface area contributed by atoms with Crippen molar-refractivity contribution in [1.82, 2.24) is 24.9 Å². The van der Waals surface area contributed by atoms with Crippen molar-refractivity contribution in [2.75, 3.05) is 6.61 Å². The maximum absolute atomic E-state index is 13.6. The fourth-order valence-electron chi connectivity index (χ4n) is 4.93. The summed E-state index contributed by atoms with van der Waals surface area (Å²) in [5.41, 5.74) is 1.12. The minimum atomic E-state index is -4.52. The van der Waals surface area contributed by atoms with Crippen molar-refractivity contribution in [3.05, 3.63) is 65.6 Å². The molecule has 0 spiro atoms. The molecular formula is C23H22F3N5O2. The second-order valence-corrected chi connectivity index (χ2v) is 8.52. The highest BCUT2D eigenvalue weighted by Crippen LogP contribution is 2.43. The SMILES string of the molecule is Cc1ccc(-n2nccn2)c(C(=O)N2C3CCC2C(COc2cccc(C(F)(F)F)n2)C3)c1. The minimum absolute atomic E-state index is 0.0279. The first-order valence-electron chi connectivity index (χ1n) is 10.8. The molecule has 1 amide bonds. The highest BCUT2D eigenvalue weighted by Gasteiger charge is 2.49. The Morgan fingerprint density at radius 3 is 2.70 bits per heavy atom. The number of rotatable bonds is 5. The van der Waals surface area contributed by atoms with Crippen molar-refractivity contribution >= 4 is 5.91 Å². The van der Waals surface area contributed by atoms with E-state index in [1.165, 1.54) is 16.9 Å². The summed E-state index contributed by atoms with van der Waals surface area (Å²) >= 11 is 0. The number of halogens is 3. The molecule has 0 aliphatic carbocycles. The number of amides is 1. The Balaban J connectivity index is 1.33. The standard InChI is InChI=1S/C23H22F3N5O2/c1-14-5-7-19(31-27-9-10-28-31)17(11-14)22(32)30-16-6-8-18(30)15(12-16)13-33-21-4-2-3-20(29-21)23(24,25)26/h2-5,7,9-11,15-16,18H,6,8,12-13H2,1H3. The van der Waals surface area contributed by atoms with Gasteiger partial charge in [-0.25, -0.2) is 4.98 Å². The first kappa shape index (κ1) is 21.4. The maximum Gasteiger partial charge on any atom is 0.433 e. The van der Waals surface area contributed by atoms with Gasteiger partial charge in [-0.3, -0.25) is 4.79 Å². The molecule has 2 bridgehead atoms. The normalized spacial score (nSPS) is 22.1. The Kier molecular flexibility index (Phi) is 5.30. The van der Waals surface area contributed by atoms with Crippen molar-refractivity contribution in [2.45, 2.75) is 44.4 Å². The quantitative estimate of drug-likeness (QED) is 0.578. The lowest BCUT2D eigenvalue weighted by Gasteiger charge is -2.25. The second kappa shape index (κ2) is 8.17. The molecule has 7 nitrogen and oxygen atoms in total. The average molecular weight is 457 g/mol. The molecule has 10 heteroatoms. The fourth-order valence-corrected chi connectivity index (χ4v) is 4.93. The third kappa shape index (κ3) is 4.05. The monoisotopic (exact) mass is 457 g/mol. The summed E-state index contributed by atoms with van der Waals surface area (Å²) in [6.07, 6.45) is 1.07. The largest absolute Gasteiger partial charge is 0.477 e. The molecule has 2 fully saturated rings. The zero-order chi connectivity index (χ0) is 23.2. The predicted molar refractivity (Wildman–Crippen MR) is 112 cm³/mol. The number of pyridine rings is 1. The lowest BCUT2D eigenvalue weighted by molar-refractivity contribution is -0.141. The molecule has 0 saturated carbocycles. The molecule has 4 heterocycles. The number of aromatic nitrogens is 4. The molecule has 2 saturated heterocycles. The van der Waals surface area contributed by atoms with Gasteiger partial charge in [0, 0.05) is 24.1 Å². The highest BCUT2D eigenvalue weighted by atomic mass is 19.4. The zero-order valence-electron chi connectivity index (χ0n) is 17.9. The Bertz CT molecular complexity index is 1170. The molecule has 2 aliphatic rings. The summed E-state index contributed by atoms with van der Waals surface area (Å²) in [4.78, 5) is 20.6. The number of carbonyl (C=O) groups is 1. The van der Waals surface area contributed by atoms with Gasteiger partial charge in [-0.05, 0) is 44.4 Å². The van der Waals surface area contributed by atoms with Crippen LogP contribution in [-0.4, -0.2) is 49.5 Å². The van der Waals surface area contributed by atoms with Crippen LogP contribution in [0, 0.1) is 12.8 Å². The minimum Gasteiger partial charge on any atom is -0.477 e. The number of ether oxygens (including phenoxy) is 1. The second-order valence-electron chi connectivity index (χ2n) is 8.52. The lowest BCUT2D eigenvalue weighted by Crippen LogP contribution is -2.38. The van der Waals surface area contributed by atoms with E-state index in [0.717, 1.165) is 30.9 Å². The van der Waals surface area contributed by atoms with Crippen LogP contribution in [0.2, 0.25) is 0 Å². The molecule has 3 atom stereocenters. The van der Waals surface area contributed by atoms with Crippen LogP contribution in [0.25, 0.3) is 5.69 Å². The van der Waals surface area contributed by atoms with E-state index < -0.39 is 11.9 Å². The van der Waals surface area contributed by atoms with E-state index >= 15 is 0 Å². The van der Waals surface area contributed by atoms with E-state index in [9.17, 15) is 18.0 Å². The number of benzene rings is 1. The molecule has 5 rings (SSSR count). The fraction of sp³-hybridized carbons (Fsp3) is 0.391. The van der Waals surface area contributed by atoms with Gasteiger partial charge in [0.05, 0.1) is 30.3 Å². The van der Waals surface area contributed by atoms with Gasteiger partial charge in [-0.2, -0.15) is 28.2 Å². The summed E-state index contributed by atoms with van der Waals surface area (Å²) in [6, 6.07) is 9.24. The van der Waals surface area contributed by atoms with Crippen LogP contribution in [0.1, 0.15) is 40.9 Å².